The normalized spacial score (nSPS) is 19.7. The lowest BCUT2D eigenvalue weighted by molar-refractivity contribution is -0.117. The summed E-state index contributed by atoms with van der Waals surface area (Å²) in [4.78, 5) is 13.3. The summed E-state index contributed by atoms with van der Waals surface area (Å²) in [5.41, 5.74) is -0.399. The largest absolute Gasteiger partial charge is 0.392 e. The Morgan fingerprint density at radius 1 is 1.37 bits per heavy atom. The molecule has 0 bridgehead atoms. The molecule has 1 atom stereocenters. The van der Waals surface area contributed by atoms with E-state index in [1.165, 1.54) is 0 Å². The number of carbonyl (C=O) groups is 1. The molecule has 1 heterocycles. The molecule has 2 N–H and O–H groups in total. The van der Waals surface area contributed by atoms with E-state index >= 15 is 0 Å². The van der Waals surface area contributed by atoms with Gasteiger partial charge in [-0.05, 0) is 18.6 Å². The molecule has 0 spiro atoms. The van der Waals surface area contributed by atoms with Crippen LogP contribution in [0.25, 0.3) is 0 Å². The van der Waals surface area contributed by atoms with Gasteiger partial charge in [-0.15, -0.1) is 0 Å². The van der Waals surface area contributed by atoms with Gasteiger partial charge in [-0.25, -0.2) is 13.2 Å². The molecule has 0 aliphatic carbocycles. The van der Waals surface area contributed by atoms with E-state index in [1.54, 1.807) is 4.90 Å². The summed E-state index contributed by atoms with van der Waals surface area (Å²) < 4.78 is 39.0. The number of anilines is 1. The van der Waals surface area contributed by atoms with Gasteiger partial charge in [-0.2, -0.15) is 0 Å². The van der Waals surface area contributed by atoms with Crippen molar-refractivity contribution in [3.63, 3.8) is 0 Å². The Labute approximate surface area is 107 Å². The quantitative estimate of drug-likeness (QED) is 0.812. The van der Waals surface area contributed by atoms with Crippen LogP contribution in [-0.4, -0.2) is 41.7 Å². The molecule has 0 radical (unpaired) electrons. The summed E-state index contributed by atoms with van der Waals surface area (Å²) in [5.74, 6) is -4.89. The number of aliphatic hydroxyl groups is 1. The number of nitrogens with one attached hydrogen (secondary N) is 1. The third-order valence-electron chi connectivity index (χ3n) is 2.92. The Morgan fingerprint density at radius 2 is 2.11 bits per heavy atom. The lowest BCUT2D eigenvalue weighted by atomic mass is 10.2. The van der Waals surface area contributed by atoms with Crippen molar-refractivity contribution in [2.45, 2.75) is 12.5 Å². The van der Waals surface area contributed by atoms with Crippen molar-refractivity contribution in [3.8, 4) is 0 Å². The first-order valence-electron chi connectivity index (χ1n) is 5.81. The van der Waals surface area contributed by atoms with E-state index in [0.29, 0.717) is 19.5 Å². The van der Waals surface area contributed by atoms with Crippen LogP contribution in [0.5, 0.6) is 0 Å². The third kappa shape index (κ3) is 3.24. The number of β-amino-alcohol motifs (C(OH)–C–C–N with tert-alkyl or cyclic N) is 1. The van der Waals surface area contributed by atoms with Crippen LogP contribution in [0.4, 0.5) is 18.9 Å². The molecule has 1 saturated heterocycles. The molecule has 104 valence electrons. The zero-order valence-electron chi connectivity index (χ0n) is 10.00. The van der Waals surface area contributed by atoms with E-state index in [4.69, 9.17) is 0 Å². The second-order valence-electron chi connectivity index (χ2n) is 4.45. The molecular weight excluding hydrogens is 261 g/mol. The summed E-state index contributed by atoms with van der Waals surface area (Å²) >= 11 is 0. The standard InChI is InChI=1S/C12H13F3N2O2/c13-8-1-2-9(12(15)11(8)14)16-10(19)6-17-4-3-7(18)5-17/h1-2,7,18H,3-6H2,(H,16,19). The van der Waals surface area contributed by atoms with Gasteiger partial charge in [0.15, 0.2) is 17.5 Å². The predicted octanol–water partition coefficient (Wildman–Crippen LogP) is 1.11. The molecule has 1 fully saturated rings. The molecule has 0 aromatic heterocycles. The van der Waals surface area contributed by atoms with Gasteiger partial charge in [0.1, 0.15) is 0 Å². The van der Waals surface area contributed by atoms with Gasteiger partial charge in [-0.3, -0.25) is 9.69 Å². The van der Waals surface area contributed by atoms with E-state index in [0.717, 1.165) is 12.1 Å². The molecule has 1 aromatic carbocycles. The Balaban J connectivity index is 1.97. The van der Waals surface area contributed by atoms with Gasteiger partial charge in [0.25, 0.3) is 0 Å². The molecule has 1 aromatic rings. The van der Waals surface area contributed by atoms with Crippen LogP contribution in [0.2, 0.25) is 0 Å². The maximum Gasteiger partial charge on any atom is 0.238 e. The van der Waals surface area contributed by atoms with Crippen molar-refractivity contribution in [1.29, 1.82) is 0 Å². The molecule has 1 unspecified atom stereocenters. The summed E-state index contributed by atoms with van der Waals surface area (Å²) in [6.07, 6.45) is 0.111. The SMILES string of the molecule is O=C(CN1CCC(O)C1)Nc1ccc(F)c(F)c1F. The number of nitrogens with zero attached hydrogens (tertiary/aromatic N) is 1. The highest BCUT2D eigenvalue weighted by Crippen LogP contribution is 2.19. The molecule has 2 rings (SSSR count). The zero-order chi connectivity index (χ0) is 14.0. The number of amides is 1. The number of hydrogen-bond acceptors (Lipinski definition) is 3. The Bertz CT molecular complexity index is 496. The molecular formula is C12H13F3N2O2. The highest BCUT2D eigenvalue weighted by atomic mass is 19.2. The minimum absolute atomic E-state index is 0.0322. The average molecular weight is 274 g/mol. The van der Waals surface area contributed by atoms with E-state index in [2.05, 4.69) is 5.32 Å². The highest BCUT2D eigenvalue weighted by molar-refractivity contribution is 5.92. The minimum atomic E-state index is -1.62. The van der Waals surface area contributed by atoms with Crippen molar-refractivity contribution in [1.82, 2.24) is 4.90 Å². The van der Waals surface area contributed by atoms with Crippen LogP contribution in [0, 0.1) is 17.5 Å². The lowest BCUT2D eigenvalue weighted by Gasteiger charge is -2.14. The van der Waals surface area contributed by atoms with Crippen LogP contribution < -0.4 is 5.32 Å². The van der Waals surface area contributed by atoms with E-state index in [-0.39, 0.29) is 6.54 Å². The molecule has 0 saturated carbocycles. The molecule has 19 heavy (non-hydrogen) atoms. The summed E-state index contributed by atoms with van der Waals surface area (Å²) in [6.45, 7) is 0.901. The topological polar surface area (TPSA) is 52.6 Å². The predicted molar refractivity (Wildman–Crippen MR) is 62.0 cm³/mol. The highest BCUT2D eigenvalue weighted by Gasteiger charge is 2.22. The van der Waals surface area contributed by atoms with Crippen molar-refractivity contribution >= 4 is 11.6 Å². The van der Waals surface area contributed by atoms with Gasteiger partial charge >= 0.3 is 0 Å². The summed E-state index contributed by atoms with van der Waals surface area (Å²) in [6, 6.07) is 1.71. The smallest absolute Gasteiger partial charge is 0.238 e. The molecule has 4 nitrogen and oxygen atoms in total. The fourth-order valence-electron chi connectivity index (χ4n) is 1.97. The molecule has 1 aliphatic rings. The zero-order valence-corrected chi connectivity index (χ0v) is 10.00. The summed E-state index contributed by atoms with van der Waals surface area (Å²) in [7, 11) is 0. The fraction of sp³-hybridized carbons (Fsp3) is 0.417. The first-order chi connectivity index (χ1) is 8.97. The maximum absolute atomic E-state index is 13.3. The first-order valence-corrected chi connectivity index (χ1v) is 5.81. The minimum Gasteiger partial charge on any atom is -0.392 e. The van der Waals surface area contributed by atoms with Crippen molar-refractivity contribution in [3.05, 3.63) is 29.6 Å². The van der Waals surface area contributed by atoms with Crippen molar-refractivity contribution < 1.29 is 23.1 Å². The first kappa shape index (κ1) is 13.8. The van der Waals surface area contributed by atoms with Crippen LogP contribution in [-0.2, 0) is 4.79 Å². The number of aliphatic hydroxyl groups excluding tert-OH is 1. The van der Waals surface area contributed by atoms with Gasteiger partial charge in [0, 0.05) is 13.1 Å². The number of benzene rings is 1. The molecule has 1 amide bonds. The average Bonchev–Trinajstić information content (AvgIpc) is 2.75. The summed E-state index contributed by atoms with van der Waals surface area (Å²) in [5, 5.41) is 11.5. The Kier molecular flexibility index (Phi) is 4.06. The number of hydrogen-bond donors (Lipinski definition) is 2. The van der Waals surface area contributed by atoms with Gasteiger partial charge < -0.3 is 10.4 Å². The van der Waals surface area contributed by atoms with Crippen LogP contribution in [0.3, 0.4) is 0 Å². The number of rotatable bonds is 3. The monoisotopic (exact) mass is 274 g/mol. The van der Waals surface area contributed by atoms with E-state index < -0.39 is 35.2 Å². The van der Waals surface area contributed by atoms with Gasteiger partial charge in [0.2, 0.25) is 5.91 Å². The second kappa shape index (κ2) is 5.58. The van der Waals surface area contributed by atoms with E-state index in [9.17, 15) is 23.1 Å². The lowest BCUT2D eigenvalue weighted by Crippen LogP contribution is -2.32. The Hall–Kier alpha value is -1.60. The second-order valence-corrected chi connectivity index (χ2v) is 4.45. The molecule has 1 aliphatic heterocycles. The number of likely N-dealkylation sites (tertiary alicyclic amines) is 1. The molecule has 7 heteroatoms. The van der Waals surface area contributed by atoms with Gasteiger partial charge in [-0.1, -0.05) is 0 Å². The van der Waals surface area contributed by atoms with Crippen LogP contribution in [0.15, 0.2) is 12.1 Å². The van der Waals surface area contributed by atoms with Crippen LogP contribution >= 0.6 is 0 Å². The number of halogens is 3. The Morgan fingerprint density at radius 3 is 2.74 bits per heavy atom. The fourth-order valence-corrected chi connectivity index (χ4v) is 1.97. The van der Waals surface area contributed by atoms with Crippen LogP contribution in [0.1, 0.15) is 6.42 Å². The number of carbonyl (C=O) groups excluding carboxylic acids is 1. The van der Waals surface area contributed by atoms with Gasteiger partial charge in [0.05, 0.1) is 18.3 Å². The maximum atomic E-state index is 13.3. The third-order valence-corrected chi connectivity index (χ3v) is 2.92. The van der Waals surface area contributed by atoms with E-state index in [1.807, 2.05) is 0 Å². The van der Waals surface area contributed by atoms with Crippen molar-refractivity contribution in [2.24, 2.45) is 0 Å². The van der Waals surface area contributed by atoms with Crippen molar-refractivity contribution in [2.75, 3.05) is 25.0 Å².